The molecule has 5 nitrogen and oxygen atoms in total. The van der Waals surface area contributed by atoms with Gasteiger partial charge >= 0.3 is 5.97 Å². The summed E-state index contributed by atoms with van der Waals surface area (Å²) in [5, 5.41) is 0. The normalized spacial score (nSPS) is 10.6. The molecule has 0 saturated carbocycles. The number of hydrogen-bond donors (Lipinski definition) is 0. The molecule has 0 spiro atoms. The van der Waals surface area contributed by atoms with Crippen molar-refractivity contribution in [1.82, 2.24) is 9.55 Å². The molecular formula is C17H16N2O3. The number of carbonyl (C=O) groups is 1. The van der Waals surface area contributed by atoms with Gasteiger partial charge in [0.25, 0.3) is 0 Å². The highest BCUT2D eigenvalue weighted by Gasteiger charge is 2.08. The first-order valence-electron chi connectivity index (χ1n) is 6.99. The van der Waals surface area contributed by atoms with Gasteiger partial charge in [-0.3, -0.25) is 0 Å². The zero-order chi connectivity index (χ0) is 15.4. The van der Waals surface area contributed by atoms with Gasteiger partial charge in [0.2, 0.25) is 0 Å². The Balaban J connectivity index is 1.59. The Morgan fingerprint density at radius 2 is 1.91 bits per heavy atom. The van der Waals surface area contributed by atoms with Crippen LogP contribution in [0.4, 0.5) is 0 Å². The summed E-state index contributed by atoms with van der Waals surface area (Å²) in [6.07, 6.45) is 1.76. The minimum atomic E-state index is -0.341. The van der Waals surface area contributed by atoms with E-state index in [1.165, 1.54) is 0 Å². The number of nitrogens with zero attached hydrogens (tertiary/aromatic N) is 2. The summed E-state index contributed by atoms with van der Waals surface area (Å²) in [7, 11) is 1.59. The Bertz CT molecular complexity index is 778. The number of fused-ring (bicyclic) bond motifs is 1. The average Bonchev–Trinajstić information content (AvgIpc) is 2.98. The van der Waals surface area contributed by atoms with Gasteiger partial charge in [-0.05, 0) is 36.4 Å². The summed E-state index contributed by atoms with van der Waals surface area (Å²) in [6, 6.07) is 14.7. The highest BCUT2D eigenvalue weighted by Crippen LogP contribution is 2.13. The summed E-state index contributed by atoms with van der Waals surface area (Å²) in [6.45, 7) is 0.869. The molecule has 22 heavy (non-hydrogen) atoms. The minimum Gasteiger partial charge on any atom is -0.497 e. The molecule has 0 N–H and O–H groups in total. The number of ether oxygens (including phenoxy) is 2. The Morgan fingerprint density at radius 3 is 2.68 bits per heavy atom. The van der Waals surface area contributed by atoms with Crippen molar-refractivity contribution < 1.29 is 14.3 Å². The maximum Gasteiger partial charge on any atom is 0.338 e. The van der Waals surface area contributed by atoms with Crippen LogP contribution in [0.3, 0.4) is 0 Å². The Morgan fingerprint density at radius 1 is 1.14 bits per heavy atom. The number of carbonyl (C=O) groups excluding carboxylic acids is 1. The van der Waals surface area contributed by atoms with Crippen LogP contribution in [0, 0.1) is 0 Å². The Labute approximate surface area is 128 Å². The van der Waals surface area contributed by atoms with Crippen LogP contribution in [0.25, 0.3) is 11.0 Å². The molecule has 0 aliphatic heterocycles. The monoisotopic (exact) mass is 296 g/mol. The van der Waals surface area contributed by atoms with E-state index in [9.17, 15) is 4.79 Å². The Hall–Kier alpha value is -2.82. The van der Waals surface area contributed by atoms with Gasteiger partial charge in [-0.15, -0.1) is 0 Å². The van der Waals surface area contributed by atoms with Gasteiger partial charge in [-0.25, -0.2) is 9.78 Å². The predicted octanol–water partition coefficient (Wildman–Crippen LogP) is 2.90. The number of para-hydroxylation sites is 2. The molecule has 0 amide bonds. The van der Waals surface area contributed by atoms with Crippen LogP contribution in [-0.2, 0) is 11.3 Å². The van der Waals surface area contributed by atoms with Crippen molar-refractivity contribution in [2.45, 2.75) is 6.54 Å². The molecule has 2 aromatic carbocycles. The maximum absolute atomic E-state index is 11.9. The van der Waals surface area contributed by atoms with Crippen LogP contribution in [0.2, 0.25) is 0 Å². The number of rotatable bonds is 5. The van der Waals surface area contributed by atoms with E-state index in [1.807, 2.05) is 28.8 Å². The lowest BCUT2D eigenvalue weighted by Crippen LogP contribution is -2.11. The highest BCUT2D eigenvalue weighted by molar-refractivity contribution is 5.89. The van der Waals surface area contributed by atoms with E-state index in [0.29, 0.717) is 24.5 Å². The molecule has 0 aliphatic carbocycles. The van der Waals surface area contributed by atoms with Crippen molar-refractivity contribution >= 4 is 17.0 Å². The average molecular weight is 296 g/mol. The SMILES string of the molecule is COc1ccc(C(=O)OCCn2cnc3ccccc32)cc1. The third kappa shape index (κ3) is 2.93. The van der Waals surface area contributed by atoms with E-state index in [4.69, 9.17) is 9.47 Å². The molecule has 1 heterocycles. The largest absolute Gasteiger partial charge is 0.497 e. The molecule has 0 atom stereocenters. The number of hydrogen-bond acceptors (Lipinski definition) is 4. The minimum absolute atomic E-state index is 0.297. The molecular weight excluding hydrogens is 280 g/mol. The smallest absolute Gasteiger partial charge is 0.338 e. The van der Waals surface area contributed by atoms with Crippen molar-refractivity contribution in [3.63, 3.8) is 0 Å². The first-order chi connectivity index (χ1) is 10.8. The third-order valence-electron chi connectivity index (χ3n) is 3.42. The molecule has 5 heteroatoms. The molecule has 3 rings (SSSR count). The van der Waals surface area contributed by atoms with E-state index in [1.54, 1.807) is 37.7 Å². The van der Waals surface area contributed by atoms with Crippen LogP contribution >= 0.6 is 0 Å². The predicted molar refractivity (Wildman–Crippen MR) is 83.0 cm³/mol. The fourth-order valence-corrected chi connectivity index (χ4v) is 2.24. The maximum atomic E-state index is 11.9. The fraction of sp³-hybridized carbons (Fsp3) is 0.176. The van der Waals surface area contributed by atoms with Crippen molar-refractivity contribution in [3.8, 4) is 5.75 Å². The van der Waals surface area contributed by atoms with Gasteiger partial charge in [0.05, 0.1) is 36.6 Å². The van der Waals surface area contributed by atoms with Crippen LogP contribution < -0.4 is 4.74 Å². The van der Waals surface area contributed by atoms with Gasteiger partial charge in [0, 0.05) is 0 Å². The summed E-state index contributed by atoms with van der Waals surface area (Å²) >= 11 is 0. The fourth-order valence-electron chi connectivity index (χ4n) is 2.24. The van der Waals surface area contributed by atoms with E-state index in [2.05, 4.69) is 4.98 Å². The van der Waals surface area contributed by atoms with Crippen LogP contribution in [0.15, 0.2) is 54.9 Å². The van der Waals surface area contributed by atoms with Crippen LogP contribution in [0.5, 0.6) is 5.75 Å². The molecule has 0 saturated heterocycles. The van der Waals surface area contributed by atoms with E-state index >= 15 is 0 Å². The van der Waals surface area contributed by atoms with E-state index in [-0.39, 0.29) is 5.97 Å². The number of esters is 1. The number of aromatic nitrogens is 2. The second kappa shape index (κ2) is 6.30. The zero-order valence-corrected chi connectivity index (χ0v) is 12.2. The molecule has 0 fully saturated rings. The quantitative estimate of drug-likeness (QED) is 0.679. The van der Waals surface area contributed by atoms with Crippen molar-refractivity contribution in [2.75, 3.05) is 13.7 Å². The van der Waals surface area contributed by atoms with Crippen LogP contribution in [-0.4, -0.2) is 29.2 Å². The summed E-state index contributed by atoms with van der Waals surface area (Å²) in [5.41, 5.74) is 2.48. The van der Waals surface area contributed by atoms with E-state index < -0.39 is 0 Å². The summed E-state index contributed by atoms with van der Waals surface area (Å²) in [4.78, 5) is 16.3. The lowest BCUT2D eigenvalue weighted by Gasteiger charge is -2.07. The second-order valence-electron chi connectivity index (χ2n) is 4.79. The number of imidazole rings is 1. The van der Waals surface area contributed by atoms with E-state index in [0.717, 1.165) is 11.0 Å². The third-order valence-corrected chi connectivity index (χ3v) is 3.42. The summed E-state index contributed by atoms with van der Waals surface area (Å²) < 4.78 is 12.3. The summed E-state index contributed by atoms with van der Waals surface area (Å²) in [5.74, 6) is 0.369. The standard InChI is InChI=1S/C17H16N2O3/c1-21-14-8-6-13(7-9-14)17(20)22-11-10-19-12-18-15-4-2-3-5-16(15)19/h2-9,12H,10-11H2,1H3. The molecule has 0 aliphatic rings. The second-order valence-corrected chi connectivity index (χ2v) is 4.79. The first kappa shape index (κ1) is 14.1. The number of benzene rings is 2. The molecule has 1 aromatic heterocycles. The zero-order valence-electron chi connectivity index (χ0n) is 12.2. The molecule has 0 bridgehead atoms. The van der Waals surface area contributed by atoms with Gasteiger partial charge in [0.15, 0.2) is 0 Å². The van der Waals surface area contributed by atoms with Gasteiger partial charge < -0.3 is 14.0 Å². The molecule has 0 radical (unpaired) electrons. The topological polar surface area (TPSA) is 53.4 Å². The van der Waals surface area contributed by atoms with Gasteiger partial charge in [-0.1, -0.05) is 12.1 Å². The van der Waals surface area contributed by atoms with Crippen molar-refractivity contribution in [3.05, 3.63) is 60.4 Å². The van der Waals surface area contributed by atoms with Gasteiger partial charge in [-0.2, -0.15) is 0 Å². The number of methoxy groups -OCH3 is 1. The lowest BCUT2D eigenvalue weighted by molar-refractivity contribution is 0.0492. The molecule has 112 valence electrons. The first-order valence-corrected chi connectivity index (χ1v) is 6.99. The highest BCUT2D eigenvalue weighted by atomic mass is 16.5. The van der Waals surface area contributed by atoms with Crippen LogP contribution in [0.1, 0.15) is 10.4 Å². The van der Waals surface area contributed by atoms with Crippen molar-refractivity contribution in [1.29, 1.82) is 0 Å². The van der Waals surface area contributed by atoms with Gasteiger partial charge in [0.1, 0.15) is 12.4 Å². The molecule has 3 aromatic rings. The van der Waals surface area contributed by atoms with Crippen molar-refractivity contribution in [2.24, 2.45) is 0 Å². The molecule has 0 unspecified atom stereocenters. The Kier molecular flexibility index (Phi) is 4.05. The lowest BCUT2D eigenvalue weighted by atomic mass is 10.2.